The van der Waals surface area contributed by atoms with Crippen LogP contribution in [0.1, 0.15) is 18.9 Å². The standard InChI is InChI=1S/C21H26N2O5S2/c1-15(13-29)21(24)23-17(11-16-5-3-2-4-6-16)9-10-22-30(25,26)18-7-8-19-20(12-18)28-14-27-19/h2-8,12,15,17,22,29H,9-11,13-14H2,1H3,(H,23,24)/t15-,17?/m1/s1. The summed E-state index contributed by atoms with van der Waals surface area (Å²) in [5, 5.41) is 3.02. The quantitative estimate of drug-likeness (QED) is 0.483. The van der Waals surface area contributed by atoms with Crippen molar-refractivity contribution < 1.29 is 22.7 Å². The number of hydrogen-bond donors (Lipinski definition) is 3. The number of thiol groups is 1. The lowest BCUT2D eigenvalue weighted by molar-refractivity contribution is -0.124. The summed E-state index contributed by atoms with van der Waals surface area (Å²) < 4.78 is 38.4. The van der Waals surface area contributed by atoms with Gasteiger partial charge in [-0.25, -0.2) is 13.1 Å². The van der Waals surface area contributed by atoms with Crippen LogP contribution in [0.3, 0.4) is 0 Å². The highest BCUT2D eigenvalue weighted by Crippen LogP contribution is 2.33. The Balaban J connectivity index is 1.63. The summed E-state index contributed by atoms with van der Waals surface area (Å²) in [6.07, 6.45) is 1.06. The maximum absolute atomic E-state index is 12.6. The maximum Gasteiger partial charge on any atom is 0.240 e. The molecule has 0 radical (unpaired) electrons. The maximum atomic E-state index is 12.6. The first-order chi connectivity index (χ1) is 14.4. The van der Waals surface area contributed by atoms with E-state index in [1.54, 1.807) is 6.07 Å². The zero-order valence-electron chi connectivity index (χ0n) is 16.7. The van der Waals surface area contributed by atoms with E-state index in [2.05, 4.69) is 22.7 Å². The zero-order chi connectivity index (χ0) is 21.6. The molecule has 2 N–H and O–H groups in total. The average molecular weight is 451 g/mol. The highest BCUT2D eigenvalue weighted by Gasteiger charge is 2.22. The number of nitrogens with one attached hydrogen (secondary N) is 2. The number of amides is 1. The van der Waals surface area contributed by atoms with Gasteiger partial charge in [-0.2, -0.15) is 12.6 Å². The molecule has 30 heavy (non-hydrogen) atoms. The molecule has 0 bridgehead atoms. The first kappa shape index (κ1) is 22.5. The number of carbonyl (C=O) groups is 1. The van der Waals surface area contributed by atoms with E-state index >= 15 is 0 Å². The fraction of sp³-hybridized carbons (Fsp3) is 0.381. The van der Waals surface area contributed by atoms with Gasteiger partial charge in [0.2, 0.25) is 22.7 Å². The molecule has 0 saturated heterocycles. The number of hydrogen-bond acceptors (Lipinski definition) is 6. The summed E-state index contributed by atoms with van der Waals surface area (Å²) in [6.45, 7) is 2.08. The van der Waals surface area contributed by atoms with Crippen LogP contribution in [-0.2, 0) is 21.2 Å². The highest BCUT2D eigenvalue weighted by atomic mass is 32.2. The van der Waals surface area contributed by atoms with E-state index in [9.17, 15) is 13.2 Å². The van der Waals surface area contributed by atoms with Crippen molar-refractivity contribution in [2.24, 2.45) is 5.92 Å². The predicted octanol–water partition coefficient (Wildman–Crippen LogP) is 2.38. The van der Waals surface area contributed by atoms with Gasteiger partial charge in [0.1, 0.15) is 0 Å². The second kappa shape index (κ2) is 10.2. The molecule has 1 amide bonds. The molecule has 0 saturated carbocycles. The smallest absolute Gasteiger partial charge is 0.240 e. The normalized spacial score (nSPS) is 14.9. The fourth-order valence-electron chi connectivity index (χ4n) is 3.05. The number of fused-ring (bicyclic) bond motifs is 1. The number of rotatable bonds is 10. The van der Waals surface area contributed by atoms with Gasteiger partial charge in [-0.3, -0.25) is 4.79 Å². The van der Waals surface area contributed by atoms with Crippen LogP contribution >= 0.6 is 12.6 Å². The molecule has 1 heterocycles. The molecule has 1 aliphatic rings. The molecule has 1 unspecified atom stereocenters. The highest BCUT2D eigenvalue weighted by molar-refractivity contribution is 7.89. The van der Waals surface area contributed by atoms with Gasteiger partial charge in [0.25, 0.3) is 0 Å². The molecule has 0 aromatic heterocycles. The van der Waals surface area contributed by atoms with E-state index in [1.807, 2.05) is 37.3 Å². The predicted molar refractivity (Wildman–Crippen MR) is 117 cm³/mol. The van der Waals surface area contributed by atoms with Crippen molar-refractivity contribution in [3.05, 3.63) is 54.1 Å². The van der Waals surface area contributed by atoms with Crippen LogP contribution in [0.25, 0.3) is 0 Å². The lowest BCUT2D eigenvalue weighted by Gasteiger charge is -2.21. The molecule has 0 spiro atoms. The first-order valence-corrected chi connectivity index (χ1v) is 11.8. The summed E-state index contributed by atoms with van der Waals surface area (Å²) in [7, 11) is -3.71. The third-order valence-corrected chi connectivity index (χ3v) is 6.84. The molecule has 7 nitrogen and oxygen atoms in total. The third kappa shape index (κ3) is 5.90. The third-order valence-electron chi connectivity index (χ3n) is 4.83. The molecule has 2 aromatic rings. The van der Waals surface area contributed by atoms with Crippen LogP contribution in [0, 0.1) is 5.92 Å². The Labute approximate surface area is 182 Å². The first-order valence-electron chi connectivity index (χ1n) is 9.73. The minimum atomic E-state index is -3.71. The minimum Gasteiger partial charge on any atom is -0.454 e. The Morgan fingerprint density at radius 2 is 1.87 bits per heavy atom. The lowest BCUT2D eigenvalue weighted by atomic mass is 10.0. The van der Waals surface area contributed by atoms with Crippen molar-refractivity contribution in [3.8, 4) is 11.5 Å². The summed E-state index contributed by atoms with van der Waals surface area (Å²) in [5.41, 5.74) is 1.07. The number of ether oxygens (including phenoxy) is 2. The summed E-state index contributed by atoms with van der Waals surface area (Å²) >= 11 is 4.18. The van der Waals surface area contributed by atoms with Gasteiger partial charge in [0.15, 0.2) is 11.5 Å². The molecule has 2 aromatic carbocycles. The van der Waals surface area contributed by atoms with E-state index in [-0.39, 0.29) is 36.1 Å². The van der Waals surface area contributed by atoms with Gasteiger partial charge in [0.05, 0.1) is 4.90 Å². The van der Waals surface area contributed by atoms with Crippen molar-refractivity contribution in [1.29, 1.82) is 0 Å². The number of carbonyl (C=O) groups excluding carboxylic acids is 1. The van der Waals surface area contributed by atoms with E-state index in [1.165, 1.54) is 12.1 Å². The second-order valence-corrected chi connectivity index (χ2v) is 9.31. The molecular formula is C21H26N2O5S2. The summed E-state index contributed by atoms with van der Waals surface area (Å²) in [6, 6.07) is 14.1. The molecule has 162 valence electrons. The van der Waals surface area contributed by atoms with Crippen LogP contribution in [0.2, 0.25) is 0 Å². The Bertz CT molecular complexity index is 967. The van der Waals surface area contributed by atoms with Crippen molar-refractivity contribution in [3.63, 3.8) is 0 Å². The van der Waals surface area contributed by atoms with Crippen LogP contribution in [0.5, 0.6) is 11.5 Å². The van der Waals surface area contributed by atoms with Crippen molar-refractivity contribution >= 4 is 28.6 Å². The fourth-order valence-corrected chi connectivity index (χ4v) is 4.27. The second-order valence-electron chi connectivity index (χ2n) is 7.18. The van der Waals surface area contributed by atoms with E-state index < -0.39 is 10.0 Å². The zero-order valence-corrected chi connectivity index (χ0v) is 18.4. The van der Waals surface area contributed by atoms with Crippen molar-refractivity contribution in [1.82, 2.24) is 10.0 Å². The Morgan fingerprint density at radius 1 is 1.13 bits per heavy atom. The van der Waals surface area contributed by atoms with Crippen molar-refractivity contribution in [2.75, 3.05) is 19.1 Å². The van der Waals surface area contributed by atoms with Crippen LogP contribution < -0.4 is 19.5 Å². The van der Waals surface area contributed by atoms with Crippen LogP contribution in [0.15, 0.2) is 53.4 Å². The number of sulfonamides is 1. The summed E-state index contributed by atoms with van der Waals surface area (Å²) in [5.74, 6) is 1.06. The van der Waals surface area contributed by atoms with E-state index in [4.69, 9.17) is 9.47 Å². The average Bonchev–Trinajstić information content (AvgIpc) is 3.21. The Kier molecular flexibility index (Phi) is 7.63. The monoisotopic (exact) mass is 450 g/mol. The van der Waals surface area contributed by atoms with Gasteiger partial charge in [-0.15, -0.1) is 0 Å². The van der Waals surface area contributed by atoms with Gasteiger partial charge >= 0.3 is 0 Å². The lowest BCUT2D eigenvalue weighted by Crippen LogP contribution is -2.42. The molecule has 1 aliphatic heterocycles. The van der Waals surface area contributed by atoms with Gasteiger partial charge in [-0.05, 0) is 30.5 Å². The Hall–Kier alpha value is -2.23. The Morgan fingerprint density at radius 3 is 2.60 bits per heavy atom. The van der Waals surface area contributed by atoms with Crippen LogP contribution in [-0.4, -0.2) is 39.5 Å². The van der Waals surface area contributed by atoms with Gasteiger partial charge in [-0.1, -0.05) is 37.3 Å². The van der Waals surface area contributed by atoms with Gasteiger partial charge < -0.3 is 14.8 Å². The van der Waals surface area contributed by atoms with Crippen LogP contribution in [0.4, 0.5) is 0 Å². The molecule has 9 heteroatoms. The minimum absolute atomic E-state index is 0.0812. The van der Waals surface area contributed by atoms with E-state index in [0.29, 0.717) is 30.1 Å². The SMILES string of the molecule is C[C@H](CS)C(=O)NC(CCNS(=O)(=O)c1ccc2c(c1)OCO2)Cc1ccccc1. The molecular weight excluding hydrogens is 424 g/mol. The van der Waals surface area contributed by atoms with E-state index in [0.717, 1.165) is 5.56 Å². The topological polar surface area (TPSA) is 93.7 Å². The van der Waals surface area contributed by atoms with Gasteiger partial charge in [0, 0.05) is 30.3 Å². The number of benzene rings is 2. The van der Waals surface area contributed by atoms with Crippen molar-refractivity contribution in [2.45, 2.75) is 30.7 Å². The molecule has 3 rings (SSSR count). The largest absolute Gasteiger partial charge is 0.454 e. The molecule has 0 fully saturated rings. The summed E-state index contributed by atoms with van der Waals surface area (Å²) in [4.78, 5) is 12.5. The molecule has 0 aliphatic carbocycles. The molecule has 2 atom stereocenters.